The first kappa shape index (κ1) is 13.7. The van der Waals surface area contributed by atoms with Gasteiger partial charge in [0.05, 0.1) is 0 Å². The number of hydrogen-bond donors (Lipinski definition) is 3. The molecule has 0 aromatic heterocycles. The van der Waals surface area contributed by atoms with Crippen molar-refractivity contribution in [1.29, 1.82) is 0 Å². The van der Waals surface area contributed by atoms with Crippen LogP contribution in [0.25, 0.3) is 0 Å². The third-order valence-electron chi connectivity index (χ3n) is 2.05. The summed E-state index contributed by atoms with van der Waals surface area (Å²) in [5.41, 5.74) is 0. The van der Waals surface area contributed by atoms with Crippen molar-refractivity contribution < 1.29 is 14.7 Å². The minimum Gasteiger partial charge on any atom is -0.481 e. The lowest BCUT2D eigenvalue weighted by Crippen LogP contribution is -2.37. The number of aliphatic carboxylic acids is 1. The molecule has 2 amide bonds. The predicted molar refractivity (Wildman–Crippen MR) is 57.7 cm³/mol. The fourth-order valence-corrected chi connectivity index (χ4v) is 1.48. The number of nitrogens with one attached hydrogen (secondary N) is 2. The predicted octanol–water partition coefficient (Wildman–Crippen LogP) is 1.05. The second-order valence-corrected chi connectivity index (χ2v) is 4.05. The maximum atomic E-state index is 10.9. The van der Waals surface area contributed by atoms with Crippen LogP contribution < -0.4 is 10.6 Å². The Morgan fingerprint density at radius 3 is 2.33 bits per heavy atom. The van der Waals surface area contributed by atoms with Gasteiger partial charge in [-0.3, -0.25) is 4.79 Å². The van der Waals surface area contributed by atoms with Crippen molar-refractivity contribution in [1.82, 2.24) is 10.6 Å². The second-order valence-electron chi connectivity index (χ2n) is 4.05. The molecule has 1 atom stereocenters. The van der Waals surface area contributed by atoms with Crippen LogP contribution in [0.5, 0.6) is 0 Å². The normalized spacial score (nSPS) is 12.3. The van der Waals surface area contributed by atoms with Gasteiger partial charge in [0.15, 0.2) is 0 Å². The average Bonchev–Trinajstić information content (AvgIpc) is 2.11. The SMILES string of the molecule is CNC(=O)NC[C@H](CC(=O)O)CC(C)C. The Balaban J connectivity index is 4.00. The third-order valence-corrected chi connectivity index (χ3v) is 2.05. The second kappa shape index (κ2) is 7.09. The van der Waals surface area contributed by atoms with Gasteiger partial charge in [0, 0.05) is 20.0 Å². The van der Waals surface area contributed by atoms with Crippen molar-refractivity contribution in [3.05, 3.63) is 0 Å². The molecule has 0 spiro atoms. The first-order chi connectivity index (χ1) is 6.95. The summed E-state index contributed by atoms with van der Waals surface area (Å²) in [5, 5.41) is 13.8. The lowest BCUT2D eigenvalue weighted by atomic mass is 9.94. The molecule has 15 heavy (non-hydrogen) atoms. The number of urea groups is 1. The zero-order valence-electron chi connectivity index (χ0n) is 9.54. The van der Waals surface area contributed by atoms with Crippen LogP contribution in [-0.2, 0) is 4.79 Å². The van der Waals surface area contributed by atoms with Crippen LogP contribution in [0, 0.1) is 11.8 Å². The Morgan fingerprint density at radius 2 is 1.93 bits per heavy atom. The zero-order valence-corrected chi connectivity index (χ0v) is 9.54. The minimum absolute atomic E-state index is 0.000185. The average molecular weight is 216 g/mol. The number of carbonyl (C=O) groups excluding carboxylic acids is 1. The van der Waals surface area contributed by atoms with Gasteiger partial charge >= 0.3 is 12.0 Å². The number of carboxylic acid groups (broad SMARTS) is 1. The van der Waals surface area contributed by atoms with Gasteiger partial charge < -0.3 is 15.7 Å². The van der Waals surface area contributed by atoms with E-state index in [2.05, 4.69) is 10.6 Å². The molecule has 3 N–H and O–H groups in total. The summed E-state index contributed by atoms with van der Waals surface area (Å²) in [6, 6.07) is -0.269. The topological polar surface area (TPSA) is 78.4 Å². The van der Waals surface area contributed by atoms with Gasteiger partial charge in [0.25, 0.3) is 0 Å². The number of amides is 2. The van der Waals surface area contributed by atoms with E-state index in [1.54, 1.807) is 0 Å². The summed E-state index contributed by atoms with van der Waals surface area (Å²) in [6.45, 7) is 4.48. The standard InChI is InChI=1S/C10H20N2O3/c1-7(2)4-8(5-9(13)14)6-12-10(15)11-3/h7-8H,4-6H2,1-3H3,(H,13,14)(H2,11,12,15)/t8-/m0/s1. The van der Waals surface area contributed by atoms with Crippen LogP contribution in [0.1, 0.15) is 26.7 Å². The summed E-state index contributed by atoms with van der Waals surface area (Å²) < 4.78 is 0. The smallest absolute Gasteiger partial charge is 0.314 e. The molecule has 0 fully saturated rings. The summed E-state index contributed by atoms with van der Waals surface area (Å²) in [4.78, 5) is 21.5. The highest BCUT2D eigenvalue weighted by Gasteiger charge is 2.15. The lowest BCUT2D eigenvalue weighted by molar-refractivity contribution is -0.138. The van der Waals surface area contributed by atoms with Crippen molar-refractivity contribution in [3.8, 4) is 0 Å². The molecule has 0 aliphatic heterocycles. The zero-order chi connectivity index (χ0) is 11.8. The van der Waals surface area contributed by atoms with Gasteiger partial charge in [-0.15, -0.1) is 0 Å². The molecule has 0 radical (unpaired) electrons. The van der Waals surface area contributed by atoms with Crippen molar-refractivity contribution in [2.45, 2.75) is 26.7 Å². The summed E-state index contributed by atoms with van der Waals surface area (Å²) in [5.74, 6) is -0.389. The first-order valence-electron chi connectivity index (χ1n) is 5.13. The number of carboxylic acids is 1. The Morgan fingerprint density at radius 1 is 1.33 bits per heavy atom. The van der Waals surface area contributed by atoms with Crippen LogP contribution in [0.3, 0.4) is 0 Å². The van der Waals surface area contributed by atoms with Crippen LogP contribution in [0.4, 0.5) is 4.79 Å². The molecule has 0 saturated heterocycles. The largest absolute Gasteiger partial charge is 0.481 e. The maximum absolute atomic E-state index is 10.9. The molecule has 0 unspecified atom stereocenters. The van der Waals surface area contributed by atoms with E-state index < -0.39 is 5.97 Å². The van der Waals surface area contributed by atoms with Crippen molar-refractivity contribution in [3.63, 3.8) is 0 Å². The highest BCUT2D eigenvalue weighted by molar-refractivity contribution is 5.73. The van der Waals surface area contributed by atoms with Crippen molar-refractivity contribution in [2.75, 3.05) is 13.6 Å². The van der Waals surface area contributed by atoms with Gasteiger partial charge in [-0.1, -0.05) is 13.8 Å². The molecule has 88 valence electrons. The number of rotatable bonds is 6. The molecule has 5 nitrogen and oxygen atoms in total. The molecular weight excluding hydrogens is 196 g/mol. The van der Waals surface area contributed by atoms with Crippen LogP contribution in [-0.4, -0.2) is 30.7 Å². The molecule has 0 rings (SSSR count). The summed E-state index contributed by atoms with van der Waals surface area (Å²) in [7, 11) is 1.53. The van der Waals surface area contributed by atoms with E-state index >= 15 is 0 Å². The molecule has 0 bridgehead atoms. The molecule has 0 aliphatic carbocycles. The van der Waals surface area contributed by atoms with Gasteiger partial charge in [-0.25, -0.2) is 4.79 Å². The van der Waals surface area contributed by atoms with Crippen LogP contribution in [0.2, 0.25) is 0 Å². The maximum Gasteiger partial charge on any atom is 0.314 e. The molecule has 5 heteroatoms. The number of carbonyl (C=O) groups is 2. The molecular formula is C10H20N2O3. The van der Waals surface area contributed by atoms with Gasteiger partial charge in [-0.2, -0.15) is 0 Å². The molecule has 0 aromatic rings. The molecule has 0 aliphatic rings. The number of hydrogen-bond acceptors (Lipinski definition) is 2. The van der Waals surface area contributed by atoms with E-state index in [9.17, 15) is 9.59 Å². The van der Waals surface area contributed by atoms with Gasteiger partial charge in [0.1, 0.15) is 0 Å². The van der Waals surface area contributed by atoms with Crippen molar-refractivity contribution in [2.24, 2.45) is 11.8 Å². The van der Waals surface area contributed by atoms with E-state index in [4.69, 9.17) is 5.11 Å². The third kappa shape index (κ3) is 7.78. The van der Waals surface area contributed by atoms with E-state index in [-0.39, 0.29) is 18.4 Å². The Hall–Kier alpha value is -1.26. The van der Waals surface area contributed by atoms with E-state index in [1.807, 2.05) is 13.8 Å². The Bertz CT molecular complexity index is 217. The highest BCUT2D eigenvalue weighted by atomic mass is 16.4. The Labute approximate surface area is 90.2 Å². The van der Waals surface area contributed by atoms with E-state index in [0.29, 0.717) is 12.5 Å². The van der Waals surface area contributed by atoms with E-state index in [0.717, 1.165) is 6.42 Å². The molecule has 0 heterocycles. The van der Waals surface area contributed by atoms with Gasteiger partial charge in [0.2, 0.25) is 0 Å². The first-order valence-corrected chi connectivity index (χ1v) is 5.13. The quantitative estimate of drug-likeness (QED) is 0.621. The van der Waals surface area contributed by atoms with Gasteiger partial charge in [-0.05, 0) is 18.3 Å². The minimum atomic E-state index is -0.820. The Kier molecular flexibility index (Phi) is 6.49. The fraction of sp³-hybridized carbons (Fsp3) is 0.800. The van der Waals surface area contributed by atoms with Crippen LogP contribution >= 0.6 is 0 Å². The monoisotopic (exact) mass is 216 g/mol. The molecule has 0 saturated carbocycles. The van der Waals surface area contributed by atoms with Crippen molar-refractivity contribution >= 4 is 12.0 Å². The summed E-state index contributed by atoms with van der Waals surface area (Å²) >= 11 is 0. The summed E-state index contributed by atoms with van der Waals surface area (Å²) in [6.07, 6.45) is 0.901. The van der Waals surface area contributed by atoms with E-state index in [1.165, 1.54) is 7.05 Å². The fourth-order valence-electron chi connectivity index (χ4n) is 1.48. The highest BCUT2D eigenvalue weighted by Crippen LogP contribution is 2.14. The molecule has 0 aromatic carbocycles. The van der Waals surface area contributed by atoms with Crippen LogP contribution in [0.15, 0.2) is 0 Å². The lowest BCUT2D eigenvalue weighted by Gasteiger charge is -2.17.